The van der Waals surface area contributed by atoms with E-state index in [0.717, 1.165) is 17.1 Å². The summed E-state index contributed by atoms with van der Waals surface area (Å²) in [4.78, 5) is 9.46. The fourth-order valence-electron chi connectivity index (χ4n) is 1.56. The molecule has 2 aromatic rings. The summed E-state index contributed by atoms with van der Waals surface area (Å²) in [7, 11) is 4.05. The monoisotopic (exact) mass is 216 g/mol. The molecule has 0 fully saturated rings. The minimum atomic E-state index is 0.438. The number of rotatable bonds is 3. The molecule has 0 saturated carbocycles. The van der Waals surface area contributed by atoms with Gasteiger partial charge in [0.15, 0.2) is 0 Å². The van der Waals surface area contributed by atoms with Crippen LogP contribution in [-0.2, 0) is 6.54 Å². The lowest BCUT2D eigenvalue weighted by molar-refractivity contribution is 0.950. The molecule has 0 saturated heterocycles. The average Bonchev–Trinajstić information content (AvgIpc) is 2.77. The number of hydrogen-bond donors (Lipinski definition) is 2. The maximum Gasteiger partial charge on any atom is 0.120 e. The molecule has 0 aliphatic rings. The summed E-state index contributed by atoms with van der Waals surface area (Å²) in [5.41, 5.74) is 8.81. The molecule has 0 unspecified atom stereocenters. The molecule has 0 atom stereocenters. The number of aromatic amines is 1. The lowest BCUT2D eigenvalue weighted by atomic mass is 10.1. The van der Waals surface area contributed by atoms with Gasteiger partial charge in [0.05, 0.1) is 18.4 Å². The van der Waals surface area contributed by atoms with Crippen molar-refractivity contribution in [2.24, 2.45) is 5.73 Å². The molecule has 84 valence electrons. The number of hydrogen-bond acceptors (Lipinski definition) is 3. The van der Waals surface area contributed by atoms with Gasteiger partial charge in [0, 0.05) is 25.3 Å². The highest BCUT2D eigenvalue weighted by atomic mass is 15.1. The van der Waals surface area contributed by atoms with E-state index in [-0.39, 0.29) is 0 Å². The number of benzene rings is 1. The first kappa shape index (κ1) is 10.7. The Morgan fingerprint density at radius 2 is 2.19 bits per heavy atom. The van der Waals surface area contributed by atoms with Crippen molar-refractivity contribution in [3.8, 4) is 11.3 Å². The minimum absolute atomic E-state index is 0.438. The highest BCUT2D eigenvalue weighted by molar-refractivity contribution is 5.65. The van der Waals surface area contributed by atoms with Gasteiger partial charge in [-0.1, -0.05) is 12.1 Å². The Morgan fingerprint density at radius 1 is 1.38 bits per heavy atom. The van der Waals surface area contributed by atoms with Crippen LogP contribution >= 0.6 is 0 Å². The number of imidazole rings is 1. The number of nitrogens with two attached hydrogens (primary N) is 1. The molecule has 0 spiro atoms. The Hall–Kier alpha value is -1.81. The maximum absolute atomic E-state index is 5.52. The summed E-state index contributed by atoms with van der Waals surface area (Å²) in [6.45, 7) is 0.438. The van der Waals surface area contributed by atoms with Gasteiger partial charge in [0.25, 0.3) is 0 Å². The number of aromatic nitrogens is 2. The van der Waals surface area contributed by atoms with Crippen LogP contribution in [0.5, 0.6) is 0 Å². The predicted octanol–water partition coefficient (Wildman–Crippen LogP) is 1.60. The largest absolute Gasteiger partial charge is 0.378 e. The molecule has 0 aliphatic heterocycles. The third-order valence-corrected chi connectivity index (χ3v) is 2.50. The molecule has 1 aromatic heterocycles. The van der Waals surface area contributed by atoms with Gasteiger partial charge in [0.1, 0.15) is 5.82 Å². The van der Waals surface area contributed by atoms with E-state index in [1.807, 2.05) is 26.4 Å². The van der Waals surface area contributed by atoms with E-state index < -0.39 is 0 Å². The van der Waals surface area contributed by atoms with Gasteiger partial charge in [-0.05, 0) is 12.1 Å². The third kappa shape index (κ3) is 2.06. The third-order valence-electron chi connectivity index (χ3n) is 2.50. The van der Waals surface area contributed by atoms with Crippen LogP contribution in [0.2, 0.25) is 0 Å². The zero-order valence-electron chi connectivity index (χ0n) is 9.57. The number of nitrogens with zero attached hydrogens (tertiary/aromatic N) is 2. The molecule has 0 amide bonds. The van der Waals surface area contributed by atoms with Crippen LogP contribution in [0.1, 0.15) is 5.82 Å². The first-order valence-corrected chi connectivity index (χ1v) is 5.22. The number of anilines is 1. The summed E-state index contributed by atoms with van der Waals surface area (Å²) in [6.07, 6.45) is 1.82. The first-order valence-electron chi connectivity index (χ1n) is 5.22. The summed E-state index contributed by atoms with van der Waals surface area (Å²) in [5, 5.41) is 0. The molecule has 1 aromatic carbocycles. The summed E-state index contributed by atoms with van der Waals surface area (Å²) >= 11 is 0. The van der Waals surface area contributed by atoms with Crippen molar-refractivity contribution < 1.29 is 0 Å². The predicted molar refractivity (Wildman–Crippen MR) is 66.2 cm³/mol. The lowest BCUT2D eigenvalue weighted by Crippen LogP contribution is -2.08. The summed E-state index contributed by atoms with van der Waals surface area (Å²) in [5.74, 6) is 0.810. The molecule has 0 radical (unpaired) electrons. The van der Waals surface area contributed by atoms with Crippen LogP contribution in [0.15, 0.2) is 30.5 Å². The highest BCUT2D eigenvalue weighted by Gasteiger charge is 2.03. The van der Waals surface area contributed by atoms with Gasteiger partial charge in [0.2, 0.25) is 0 Å². The average molecular weight is 216 g/mol. The molecular weight excluding hydrogens is 200 g/mol. The van der Waals surface area contributed by atoms with Crippen molar-refractivity contribution in [1.29, 1.82) is 0 Å². The topological polar surface area (TPSA) is 57.9 Å². The van der Waals surface area contributed by atoms with Gasteiger partial charge in [-0.2, -0.15) is 0 Å². The zero-order valence-corrected chi connectivity index (χ0v) is 9.57. The van der Waals surface area contributed by atoms with E-state index >= 15 is 0 Å². The van der Waals surface area contributed by atoms with Crippen LogP contribution in [0.4, 0.5) is 5.69 Å². The van der Waals surface area contributed by atoms with Gasteiger partial charge in [-0.25, -0.2) is 4.98 Å². The molecule has 4 nitrogen and oxygen atoms in total. The molecule has 2 rings (SSSR count). The van der Waals surface area contributed by atoms with E-state index in [9.17, 15) is 0 Å². The van der Waals surface area contributed by atoms with Crippen molar-refractivity contribution in [3.05, 3.63) is 36.3 Å². The second-order valence-corrected chi connectivity index (χ2v) is 3.89. The molecule has 0 bridgehead atoms. The Bertz CT molecular complexity index is 473. The van der Waals surface area contributed by atoms with E-state index in [0.29, 0.717) is 6.54 Å². The van der Waals surface area contributed by atoms with Crippen molar-refractivity contribution in [1.82, 2.24) is 9.97 Å². The lowest BCUT2D eigenvalue weighted by Gasteiger charge is -2.12. The molecular formula is C12H16N4. The van der Waals surface area contributed by atoms with Crippen LogP contribution in [-0.4, -0.2) is 24.1 Å². The van der Waals surface area contributed by atoms with Crippen molar-refractivity contribution in [3.63, 3.8) is 0 Å². The first-order chi connectivity index (χ1) is 7.70. The highest BCUT2D eigenvalue weighted by Crippen LogP contribution is 2.22. The molecule has 16 heavy (non-hydrogen) atoms. The quantitative estimate of drug-likeness (QED) is 0.819. The van der Waals surface area contributed by atoms with Gasteiger partial charge in [-0.3, -0.25) is 0 Å². The van der Waals surface area contributed by atoms with Gasteiger partial charge >= 0.3 is 0 Å². The molecule has 1 heterocycles. The Balaban J connectivity index is 2.36. The molecule has 0 aliphatic carbocycles. The van der Waals surface area contributed by atoms with Crippen molar-refractivity contribution >= 4 is 5.69 Å². The van der Waals surface area contributed by atoms with Crippen LogP contribution in [0, 0.1) is 0 Å². The second-order valence-electron chi connectivity index (χ2n) is 3.89. The summed E-state index contributed by atoms with van der Waals surface area (Å²) in [6, 6.07) is 8.28. The van der Waals surface area contributed by atoms with Gasteiger partial charge in [-0.15, -0.1) is 0 Å². The standard InChI is InChI=1S/C12H16N4/c1-16(2)10-5-3-4-9(6-10)11-8-14-12(7-13)15-11/h3-6,8H,7,13H2,1-2H3,(H,14,15). The van der Waals surface area contributed by atoms with E-state index in [1.54, 1.807) is 0 Å². The SMILES string of the molecule is CN(C)c1cccc(-c2cnc(CN)[nH]2)c1. The Morgan fingerprint density at radius 3 is 2.81 bits per heavy atom. The molecule has 3 N–H and O–H groups in total. The fraction of sp³-hybridized carbons (Fsp3) is 0.250. The zero-order chi connectivity index (χ0) is 11.5. The minimum Gasteiger partial charge on any atom is -0.378 e. The van der Waals surface area contributed by atoms with Crippen LogP contribution in [0.3, 0.4) is 0 Å². The van der Waals surface area contributed by atoms with Gasteiger partial charge < -0.3 is 15.6 Å². The Kier molecular flexibility index (Phi) is 2.92. The van der Waals surface area contributed by atoms with Crippen molar-refractivity contribution in [2.75, 3.05) is 19.0 Å². The van der Waals surface area contributed by atoms with E-state index in [2.05, 4.69) is 33.1 Å². The summed E-state index contributed by atoms with van der Waals surface area (Å²) < 4.78 is 0. The fourth-order valence-corrected chi connectivity index (χ4v) is 1.56. The van der Waals surface area contributed by atoms with E-state index in [4.69, 9.17) is 5.73 Å². The molecule has 4 heteroatoms. The number of nitrogens with one attached hydrogen (secondary N) is 1. The number of H-pyrrole nitrogens is 1. The maximum atomic E-state index is 5.52. The Labute approximate surface area is 95.1 Å². The smallest absolute Gasteiger partial charge is 0.120 e. The van der Waals surface area contributed by atoms with Crippen LogP contribution < -0.4 is 10.6 Å². The second kappa shape index (κ2) is 4.37. The van der Waals surface area contributed by atoms with Crippen LogP contribution in [0.25, 0.3) is 11.3 Å². The van der Waals surface area contributed by atoms with Crippen molar-refractivity contribution in [2.45, 2.75) is 6.54 Å². The van der Waals surface area contributed by atoms with E-state index in [1.165, 1.54) is 5.69 Å². The normalized spacial score (nSPS) is 10.4.